The third-order valence-corrected chi connectivity index (χ3v) is 5.96. The highest BCUT2D eigenvalue weighted by molar-refractivity contribution is 7.92. The Balaban J connectivity index is 1.91. The van der Waals surface area contributed by atoms with E-state index in [0.717, 1.165) is 23.2 Å². The minimum absolute atomic E-state index is 0.00210. The lowest BCUT2D eigenvalue weighted by Gasteiger charge is -2.18. The lowest BCUT2D eigenvalue weighted by Crippen LogP contribution is -2.32. The minimum Gasteiger partial charge on any atom is -0.375 e. The monoisotopic (exact) mass is 374 g/mol. The van der Waals surface area contributed by atoms with Crippen molar-refractivity contribution in [1.29, 1.82) is 0 Å². The molecule has 1 heterocycles. The van der Waals surface area contributed by atoms with Crippen molar-refractivity contribution in [2.24, 2.45) is 0 Å². The smallest absolute Gasteiger partial charge is 0.262 e. The molecule has 0 radical (unpaired) electrons. The third-order valence-electron chi connectivity index (χ3n) is 4.44. The fourth-order valence-corrected chi connectivity index (χ4v) is 4.49. The van der Waals surface area contributed by atoms with Crippen LogP contribution in [0.25, 0.3) is 0 Å². The van der Waals surface area contributed by atoms with Crippen molar-refractivity contribution < 1.29 is 17.9 Å². The van der Waals surface area contributed by atoms with Crippen LogP contribution in [0.1, 0.15) is 16.7 Å². The summed E-state index contributed by atoms with van der Waals surface area (Å²) in [7, 11) is -2.23. The van der Waals surface area contributed by atoms with Gasteiger partial charge in [-0.25, -0.2) is 8.42 Å². The Kier molecular flexibility index (Phi) is 5.02. The van der Waals surface area contributed by atoms with Gasteiger partial charge >= 0.3 is 0 Å². The second-order valence-corrected chi connectivity index (χ2v) is 8.10. The van der Waals surface area contributed by atoms with E-state index in [4.69, 9.17) is 4.74 Å². The Labute approximate surface area is 153 Å². The van der Waals surface area contributed by atoms with Crippen molar-refractivity contribution >= 4 is 27.3 Å². The molecule has 2 aromatic rings. The number of nitrogens with zero attached hydrogens (tertiary/aromatic N) is 1. The number of aryl methyl sites for hydroxylation is 2. The van der Waals surface area contributed by atoms with Crippen LogP contribution in [0.5, 0.6) is 0 Å². The molecule has 0 saturated carbocycles. The largest absolute Gasteiger partial charge is 0.375 e. The summed E-state index contributed by atoms with van der Waals surface area (Å²) in [4.78, 5) is 14.1. The van der Waals surface area contributed by atoms with Gasteiger partial charge in [-0.05, 0) is 55.2 Å². The number of benzene rings is 2. The molecule has 26 heavy (non-hydrogen) atoms. The Morgan fingerprint density at radius 2 is 1.96 bits per heavy atom. The second kappa shape index (κ2) is 7.09. The number of fused-ring (bicyclic) bond motifs is 1. The Bertz CT molecular complexity index is 954. The zero-order valence-corrected chi connectivity index (χ0v) is 15.9. The highest BCUT2D eigenvalue weighted by atomic mass is 32.2. The first kappa shape index (κ1) is 18.4. The minimum atomic E-state index is -3.71. The number of sulfonamides is 1. The number of carbonyl (C=O) groups excluding carboxylic acids is 1. The van der Waals surface area contributed by atoms with E-state index in [2.05, 4.69) is 4.72 Å². The lowest BCUT2D eigenvalue weighted by molar-refractivity contribution is -0.122. The molecule has 0 saturated heterocycles. The number of amides is 1. The zero-order valence-electron chi connectivity index (χ0n) is 15.1. The van der Waals surface area contributed by atoms with Crippen molar-refractivity contribution in [3.05, 3.63) is 53.1 Å². The van der Waals surface area contributed by atoms with E-state index in [0.29, 0.717) is 17.8 Å². The molecule has 0 bridgehead atoms. The van der Waals surface area contributed by atoms with Crippen molar-refractivity contribution in [2.75, 3.05) is 29.9 Å². The molecule has 138 valence electrons. The van der Waals surface area contributed by atoms with Crippen LogP contribution >= 0.6 is 0 Å². The molecule has 6 nitrogen and oxygen atoms in total. The molecule has 7 heteroatoms. The van der Waals surface area contributed by atoms with E-state index >= 15 is 0 Å². The van der Waals surface area contributed by atoms with E-state index < -0.39 is 10.0 Å². The molecule has 0 fully saturated rings. The molecule has 1 N–H and O–H groups in total. The molecule has 3 rings (SSSR count). The van der Waals surface area contributed by atoms with Gasteiger partial charge in [-0.3, -0.25) is 9.52 Å². The van der Waals surface area contributed by atoms with Crippen molar-refractivity contribution in [2.45, 2.75) is 25.2 Å². The summed E-state index contributed by atoms with van der Waals surface area (Å²) < 4.78 is 33.1. The van der Waals surface area contributed by atoms with E-state index in [-0.39, 0.29) is 17.4 Å². The number of carbonyl (C=O) groups is 1. The molecule has 1 aliphatic rings. The normalized spacial score (nSPS) is 13.6. The molecule has 0 aliphatic carbocycles. The second-order valence-electron chi connectivity index (χ2n) is 6.45. The molecule has 0 atom stereocenters. The van der Waals surface area contributed by atoms with Crippen LogP contribution in [-0.2, 0) is 26.0 Å². The van der Waals surface area contributed by atoms with Crippen LogP contribution in [0.3, 0.4) is 0 Å². The molecule has 0 spiro atoms. The van der Waals surface area contributed by atoms with Gasteiger partial charge in [-0.15, -0.1) is 0 Å². The molecule has 2 aromatic carbocycles. The number of rotatable bonds is 5. The predicted octanol–water partition coefficient (Wildman–Crippen LogP) is 2.64. The quantitative estimate of drug-likeness (QED) is 0.873. The van der Waals surface area contributed by atoms with Crippen LogP contribution in [0.15, 0.2) is 41.3 Å². The lowest BCUT2D eigenvalue weighted by atomic mass is 10.1. The number of hydrogen-bond acceptors (Lipinski definition) is 4. The summed E-state index contributed by atoms with van der Waals surface area (Å²) in [6, 6.07) is 10.6. The summed E-state index contributed by atoms with van der Waals surface area (Å²) >= 11 is 0. The van der Waals surface area contributed by atoms with Gasteiger partial charge < -0.3 is 9.64 Å². The van der Waals surface area contributed by atoms with Crippen LogP contribution in [0.2, 0.25) is 0 Å². The van der Waals surface area contributed by atoms with Gasteiger partial charge in [-0.2, -0.15) is 0 Å². The first-order chi connectivity index (χ1) is 12.3. The molecular formula is C19H22N2O4S. The average Bonchev–Trinajstić information content (AvgIpc) is 3.00. The van der Waals surface area contributed by atoms with Crippen molar-refractivity contribution in [3.8, 4) is 0 Å². The standard InChI is InChI=1S/C19H22N2O4S/c1-13-4-5-14(2)18(10-13)26(23,24)20-16-7-6-15-8-9-21(17(15)11-16)19(22)12-25-3/h4-7,10-11,20H,8-9,12H2,1-3H3. The van der Waals surface area contributed by atoms with E-state index in [1.165, 1.54) is 7.11 Å². The summed E-state index contributed by atoms with van der Waals surface area (Å²) in [6.45, 7) is 4.19. The maximum absolute atomic E-state index is 12.8. The highest BCUT2D eigenvalue weighted by Crippen LogP contribution is 2.32. The molecular weight excluding hydrogens is 352 g/mol. The SMILES string of the molecule is COCC(=O)N1CCc2ccc(NS(=O)(=O)c3cc(C)ccc3C)cc21. The third kappa shape index (κ3) is 3.59. The topological polar surface area (TPSA) is 75.7 Å². The van der Waals surface area contributed by atoms with E-state index in [9.17, 15) is 13.2 Å². The van der Waals surface area contributed by atoms with Crippen LogP contribution < -0.4 is 9.62 Å². The van der Waals surface area contributed by atoms with Gasteiger partial charge in [0.1, 0.15) is 6.61 Å². The molecule has 0 unspecified atom stereocenters. The number of ether oxygens (including phenoxy) is 1. The maximum atomic E-state index is 12.8. The summed E-state index contributed by atoms with van der Waals surface area (Å²) in [5.74, 6) is -0.138. The number of nitrogens with one attached hydrogen (secondary N) is 1. The molecule has 0 aromatic heterocycles. The van der Waals surface area contributed by atoms with Gasteiger partial charge in [0.15, 0.2) is 0 Å². The summed E-state index contributed by atoms with van der Waals surface area (Å²) in [5, 5.41) is 0. The van der Waals surface area contributed by atoms with Gasteiger partial charge in [0.05, 0.1) is 10.6 Å². The maximum Gasteiger partial charge on any atom is 0.262 e. The van der Waals surface area contributed by atoms with Crippen LogP contribution in [-0.4, -0.2) is 34.6 Å². The summed E-state index contributed by atoms with van der Waals surface area (Å²) in [6.07, 6.45) is 0.745. The van der Waals surface area contributed by atoms with Gasteiger partial charge in [0.25, 0.3) is 15.9 Å². The fraction of sp³-hybridized carbons (Fsp3) is 0.316. The zero-order chi connectivity index (χ0) is 18.9. The van der Waals surface area contributed by atoms with Gasteiger partial charge in [-0.1, -0.05) is 18.2 Å². The number of anilines is 2. The average molecular weight is 374 g/mol. The van der Waals surface area contributed by atoms with E-state index in [1.54, 1.807) is 36.1 Å². The predicted molar refractivity (Wildman–Crippen MR) is 101 cm³/mol. The van der Waals surface area contributed by atoms with Gasteiger partial charge in [0, 0.05) is 19.3 Å². The Morgan fingerprint density at radius 3 is 2.69 bits per heavy atom. The van der Waals surface area contributed by atoms with Crippen molar-refractivity contribution in [3.63, 3.8) is 0 Å². The number of methoxy groups -OCH3 is 1. The first-order valence-corrected chi connectivity index (χ1v) is 9.82. The highest BCUT2D eigenvalue weighted by Gasteiger charge is 2.25. The molecule has 1 aliphatic heterocycles. The summed E-state index contributed by atoms with van der Waals surface area (Å²) in [5.41, 5.74) is 3.74. The van der Waals surface area contributed by atoms with E-state index in [1.807, 2.05) is 19.1 Å². The van der Waals surface area contributed by atoms with Crippen molar-refractivity contribution in [1.82, 2.24) is 0 Å². The van der Waals surface area contributed by atoms with Crippen LogP contribution in [0, 0.1) is 13.8 Å². The Hall–Kier alpha value is -2.38. The molecule has 1 amide bonds. The van der Waals surface area contributed by atoms with Gasteiger partial charge in [0.2, 0.25) is 0 Å². The fourth-order valence-electron chi connectivity index (χ4n) is 3.11. The number of hydrogen-bond donors (Lipinski definition) is 1. The first-order valence-electron chi connectivity index (χ1n) is 8.34. The van der Waals surface area contributed by atoms with Crippen LogP contribution in [0.4, 0.5) is 11.4 Å². The Morgan fingerprint density at radius 1 is 1.19 bits per heavy atom.